The van der Waals surface area contributed by atoms with Gasteiger partial charge in [-0.25, -0.2) is 18.4 Å². The van der Waals surface area contributed by atoms with Crippen LogP contribution < -0.4 is 10.0 Å². The molecule has 0 aliphatic heterocycles. The molecule has 10 heteroatoms. The van der Waals surface area contributed by atoms with Crippen molar-refractivity contribution in [2.75, 3.05) is 10.0 Å². The molecule has 164 valence electrons. The largest absolute Gasteiger partial charge is 0.417 e. The average Bonchev–Trinajstić information content (AvgIpc) is 2.75. The number of aryl methyl sites for hydroxylation is 1. The third-order valence-electron chi connectivity index (χ3n) is 4.68. The first-order chi connectivity index (χ1) is 15.1. The topological polar surface area (TPSA) is 84.0 Å². The maximum absolute atomic E-state index is 13.4. The summed E-state index contributed by atoms with van der Waals surface area (Å²) < 4.78 is 68.3. The van der Waals surface area contributed by atoms with Crippen molar-refractivity contribution in [1.29, 1.82) is 0 Å². The lowest BCUT2D eigenvalue weighted by atomic mass is 10.2. The molecule has 0 bridgehead atoms. The first-order valence-corrected chi connectivity index (χ1v) is 10.9. The van der Waals surface area contributed by atoms with E-state index in [2.05, 4.69) is 20.0 Å². The number of anilines is 3. The van der Waals surface area contributed by atoms with Crippen LogP contribution in [0.1, 0.15) is 11.1 Å². The van der Waals surface area contributed by atoms with E-state index in [0.717, 1.165) is 17.7 Å². The second kappa shape index (κ2) is 8.12. The van der Waals surface area contributed by atoms with Crippen molar-refractivity contribution in [2.45, 2.75) is 18.0 Å². The molecule has 0 aliphatic rings. The molecule has 0 amide bonds. The van der Waals surface area contributed by atoms with Gasteiger partial charge in [-0.2, -0.15) is 13.2 Å². The molecule has 6 nitrogen and oxygen atoms in total. The van der Waals surface area contributed by atoms with Crippen LogP contribution in [0.5, 0.6) is 0 Å². The normalized spacial score (nSPS) is 12.0. The molecule has 0 aliphatic carbocycles. The lowest BCUT2D eigenvalue weighted by Gasteiger charge is -2.17. The van der Waals surface area contributed by atoms with Gasteiger partial charge in [0.05, 0.1) is 21.5 Å². The van der Waals surface area contributed by atoms with Crippen molar-refractivity contribution in [1.82, 2.24) is 9.97 Å². The molecular formula is C22H17F3N4O2S. The zero-order valence-corrected chi connectivity index (χ0v) is 17.5. The van der Waals surface area contributed by atoms with E-state index < -0.39 is 26.7 Å². The standard InChI is InChI=1S/C22H17F3N4O2S/c1-14-8-2-4-10-16(14)26-20-21(28-18-12-6-5-11-17(18)27-20)29-32(30,31)19-13-7-3-9-15(19)22(23,24)25/h2-13H,1H3,(H,26,27)(H,28,29). The molecule has 4 rings (SSSR count). The van der Waals surface area contributed by atoms with Crippen molar-refractivity contribution in [3.63, 3.8) is 0 Å². The van der Waals surface area contributed by atoms with Crippen LogP contribution in [-0.4, -0.2) is 18.4 Å². The van der Waals surface area contributed by atoms with Crippen LogP contribution >= 0.6 is 0 Å². The molecule has 0 atom stereocenters. The quantitative estimate of drug-likeness (QED) is 0.413. The Morgan fingerprint density at radius 1 is 0.781 bits per heavy atom. The minimum Gasteiger partial charge on any atom is -0.337 e. The van der Waals surface area contributed by atoms with Crippen LogP contribution in [0.15, 0.2) is 77.7 Å². The molecule has 0 saturated heterocycles. The van der Waals surface area contributed by atoms with Crippen LogP contribution in [0.2, 0.25) is 0 Å². The first-order valence-electron chi connectivity index (χ1n) is 9.44. The number of aromatic nitrogens is 2. The van der Waals surface area contributed by atoms with E-state index in [0.29, 0.717) is 22.8 Å². The molecule has 1 aromatic heterocycles. The second-order valence-electron chi connectivity index (χ2n) is 6.95. The maximum atomic E-state index is 13.4. The van der Waals surface area contributed by atoms with Gasteiger partial charge in [0.25, 0.3) is 10.0 Å². The van der Waals surface area contributed by atoms with Gasteiger partial charge in [0.15, 0.2) is 11.6 Å². The summed E-state index contributed by atoms with van der Waals surface area (Å²) >= 11 is 0. The summed E-state index contributed by atoms with van der Waals surface area (Å²) in [5.74, 6) is -0.157. The van der Waals surface area contributed by atoms with E-state index in [-0.39, 0.29) is 11.6 Å². The Labute approximate surface area is 182 Å². The summed E-state index contributed by atoms with van der Waals surface area (Å²) in [7, 11) is -4.63. The molecule has 0 radical (unpaired) electrons. The lowest BCUT2D eigenvalue weighted by Crippen LogP contribution is -2.20. The number of para-hydroxylation sites is 3. The zero-order valence-electron chi connectivity index (χ0n) is 16.7. The molecule has 1 heterocycles. The monoisotopic (exact) mass is 458 g/mol. The Balaban J connectivity index is 1.83. The van der Waals surface area contributed by atoms with Crippen molar-refractivity contribution in [3.05, 3.63) is 83.9 Å². The number of hydrogen-bond donors (Lipinski definition) is 2. The number of nitrogens with zero attached hydrogens (tertiary/aromatic N) is 2. The number of fused-ring (bicyclic) bond motifs is 1. The number of alkyl halides is 3. The van der Waals surface area contributed by atoms with E-state index in [1.165, 1.54) is 6.07 Å². The van der Waals surface area contributed by atoms with E-state index in [4.69, 9.17) is 0 Å². The summed E-state index contributed by atoms with van der Waals surface area (Å²) in [6.07, 6.45) is -4.84. The minimum absolute atomic E-state index is 0.0612. The van der Waals surface area contributed by atoms with Gasteiger partial charge in [-0.05, 0) is 42.8 Å². The SMILES string of the molecule is Cc1ccccc1Nc1nc2ccccc2nc1NS(=O)(=O)c1ccccc1C(F)(F)F. The van der Waals surface area contributed by atoms with Gasteiger partial charge < -0.3 is 5.32 Å². The Morgan fingerprint density at radius 3 is 2.00 bits per heavy atom. The molecule has 2 N–H and O–H groups in total. The molecule has 0 spiro atoms. The van der Waals surface area contributed by atoms with Crippen molar-refractivity contribution in [3.8, 4) is 0 Å². The van der Waals surface area contributed by atoms with Crippen LogP contribution in [0.4, 0.5) is 30.5 Å². The predicted octanol–water partition coefficient (Wildman–Crippen LogP) is 5.50. The highest BCUT2D eigenvalue weighted by Gasteiger charge is 2.37. The second-order valence-corrected chi connectivity index (χ2v) is 8.60. The van der Waals surface area contributed by atoms with E-state index in [9.17, 15) is 21.6 Å². The maximum Gasteiger partial charge on any atom is 0.417 e. The third kappa shape index (κ3) is 4.35. The van der Waals surface area contributed by atoms with E-state index >= 15 is 0 Å². The summed E-state index contributed by atoms with van der Waals surface area (Å²) in [6.45, 7) is 1.85. The number of hydrogen-bond acceptors (Lipinski definition) is 5. The van der Waals surface area contributed by atoms with Gasteiger partial charge >= 0.3 is 6.18 Å². The number of halogens is 3. The Hall–Kier alpha value is -3.66. The van der Waals surface area contributed by atoms with Gasteiger partial charge in [0.1, 0.15) is 0 Å². The molecule has 0 unspecified atom stereocenters. The highest BCUT2D eigenvalue weighted by Crippen LogP contribution is 2.35. The molecule has 32 heavy (non-hydrogen) atoms. The van der Waals surface area contributed by atoms with E-state index in [1.54, 1.807) is 36.4 Å². The fourth-order valence-electron chi connectivity index (χ4n) is 3.12. The van der Waals surface area contributed by atoms with E-state index in [1.807, 2.05) is 19.1 Å². The number of nitrogens with one attached hydrogen (secondary N) is 2. The fraction of sp³-hybridized carbons (Fsp3) is 0.0909. The van der Waals surface area contributed by atoms with Crippen molar-refractivity contribution < 1.29 is 21.6 Å². The summed E-state index contributed by atoms with van der Waals surface area (Å²) in [5, 5.41) is 3.03. The Bertz CT molecular complexity index is 1410. The van der Waals surface area contributed by atoms with Gasteiger partial charge in [-0.3, -0.25) is 4.72 Å². The van der Waals surface area contributed by atoms with Gasteiger partial charge in [0.2, 0.25) is 0 Å². The highest BCUT2D eigenvalue weighted by molar-refractivity contribution is 7.92. The summed E-state index contributed by atoms with van der Waals surface area (Å²) in [4.78, 5) is 7.85. The Morgan fingerprint density at radius 2 is 1.34 bits per heavy atom. The van der Waals surface area contributed by atoms with Crippen LogP contribution in [0.3, 0.4) is 0 Å². The molecule has 0 fully saturated rings. The zero-order chi connectivity index (χ0) is 22.9. The van der Waals surface area contributed by atoms with Gasteiger partial charge in [-0.1, -0.05) is 42.5 Å². The number of sulfonamides is 1. The molecule has 0 saturated carbocycles. The smallest absolute Gasteiger partial charge is 0.337 e. The van der Waals surface area contributed by atoms with Crippen molar-refractivity contribution in [2.24, 2.45) is 0 Å². The fourth-order valence-corrected chi connectivity index (χ4v) is 4.35. The third-order valence-corrected chi connectivity index (χ3v) is 6.08. The molecule has 4 aromatic rings. The lowest BCUT2D eigenvalue weighted by molar-refractivity contribution is -0.139. The molecular weight excluding hydrogens is 441 g/mol. The van der Waals surface area contributed by atoms with Gasteiger partial charge in [-0.15, -0.1) is 0 Å². The predicted molar refractivity (Wildman–Crippen MR) is 116 cm³/mol. The number of benzene rings is 3. The number of rotatable bonds is 5. The van der Waals surface area contributed by atoms with Gasteiger partial charge in [0, 0.05) is 5.69 Å². The van der Waals surface area contributed by atoms with Crippen LogP contribution in [0, 0.1) is 6.92 Å². The highest BCUT2D eigenvalue weighted by atomic mass is 32.2. The first kappa shape index (κ1) is 21.6. The van der Waals surface area contributed by atoms with Crippen molar-refractivity contribution >= 4 is 38.4 Å². The van der Waals surface area contributed by atoms with Crippen LogP contribution in [-0.2, 0) is 16.2 Å². The Kier molecular flexibility index (Phi) is 5.47. The summed E-state index contributed by atoms with van der Waals surface area (Å²) in [5.41, 5.74) is 1.11. The average molecular weight is 458 g/mol. The molecule has 3 aromatic carbocycles. The summed E-state index contributed by atoms with van der Waals surface area (Å²) in [6, 6.07) is 18.0. The minimum atomic E-state index is -4.84. The van der Waals surface area contributed by atoms with Crippen LogP contribution in [0.25, 0.3) is 11.0 Å².